The molecule has 1 aromatic heterocycles. The predicted octanol–water partition coefficient (Wildman–Crippen LogP) is 1.99. The Morgan fingerprint density at radius 2 is 2.31 bits per heavy atom. The van der Waals surface area contributed by atoms with Gasteiger partial charge in [-0.3, -0.25) is 9.78 Å². The summed E-state index contributed by atoms with van der Waals surface area (Å²) in [5.41, 5.74) is 1.69. The smallest absolute Gasteiger partial charge is 0.248 e. The van der Waals surface area contributed by atoms with Crippen LogP contribution in [0.2, 0.25) is 0 Å². The highest BCUT2D eigenvalue weighted by atomic mass is 16.1. The molecule has 0 aliphatic heterocycles. The molecule has 1 N–H and O–H groups in total. The van der Waals surface area contributed by atoms with Gasteiger partial charge in [-0.25, -0.2) is 0 Å². The highest BCUT2D eigenvalue weighted by Gasteiger charge is 1.96. The number of allylic oxidation sites excluding steroid dienone is 1. The maximum absolute atomic E-state index is 11.2. The normalized spacial score (nSPS) is 9.08. The zero-order valence-electron chi connectivity index (χ0n) is 7.74. The van der Waals surface area contributed by atoms with E-state index >= 15 is 0 Å². The number of pyridine rings is 1. The molecule has 0 saturated heterocycles. The van der Waals surface area contributed by atoms with Crippen LogP contribution in [-0.2, 0) is 4.79 Å². The summed E-state index contributed by atoms with van der Waals surface area (Å²) in [6.07, 6.45) is 4.82. The number of amides is 1. The highest BCUT2D eigenvalue weighted by Crippen LogP contribution is 2.02. The molecule has 3 nitrogen and oxygen atoms in total. The van der Waals surface area contributed by atoms with Gasteiger partial charge in [-0.15, -0.1) is 0 Å². The lowest BCUT2D eigenvalue weighted by atomic mass is 10.3. The molecule has 0 bridgehead atoms. The Hall–Kier alpha value is -1.64. The summed E-state index contributed by atoms with van der Waals surface area (Å²) in [7, 11) is 0. The molecule has 1 aromatic rings. The first-order valence-corrected chi connectivity index (χ1v) is 4.04. The van der Waals surface area contributed by atoms with Crippen molar-refractivity contribution in [1.29, 1.82) is 0 Å². The molecule has 0 fully saturated rings. The lowest BCUT2D eigenvalue weighted by Crippen LogP contribution is -2.08. The molecular weight excluding hydrogens is 164 g/mol. The molecule has 0 saturated carbocycles. The lowest BCUT2D eigenvalue weighted by Gasteiger charge is -2.00. The van der Waals surface area contributed by atoms with Crippen molar-refractivity contribution in [3.63, 3.8) is 0 Å². The summed E-state index contributed by atoms with van der Waals surface area (Å²) in [5, 5.41) is 2.70. The molecule has 0 aliphatic carbocycles. The molecule has 0 aliphatic rings. The maximum atomic E-state index is 11.2. The van der Waals surface area contributed by atoms with Crippen LogP contribution in [0.15, 0.2) is 36.2 Å². The number of aromatic nitrogens is 1. The first-order valence-electron chi connectivity index (χ1n) is 4.04. The summed E-state index contributed by atoms with van der Waals surface area (Å²) >= 11 is 0. The van der Waals surface area contributed by atoms with Gasteiger partial charge in [0.1, 0.15) is 0 Å². The fourth-order valence-corrected chi connectivity index (χ4v) is 0.877. The van der Waals surface area contributed by atoms with Gasteiger partial charge in [0.15, 0.2) is 0 Å². The molecule has 1 heterocycles. The molecule has 1 rings (SSSR count). The van der Waals surface area contributed by atoms with Crippen LogP contribution in [0.5, 0.6) is 0 Å². The Labute approximate surface area is 77.5 Å². The second-order valence-electron chi connectivity index (χ2n) is 2.95. The molecular formula is C10H12N2O. The fourth-order valence-electron chi connectivity index (χ4n) is 0.877. The van der Waals surface area contributed by atoms with E-state index in [0.29, 0.717) is 5.69 Å². The number of rotatable bonds is 2. The molecule has 3 heteroatoms. The van der Waals surface area contributed by atoms with Crippen LogP contribution in [0.3, 0.4) is 0 Å². The molecule has 0 radical (unpaired) electrons. The Kier molecular flexibility index (Phi) is 3.20. The van der Waals surface area contributed by atoms with Crippen LogP contribution in [0, 0.1) is 0 Å². The summed E-state index contributed by atoms with van der Waals surface area (Å²) in [6, 6.07) is 3.57. The van der Waals surface area contributed by atoms with Gasteiger partial charge in [0.2, 0.25) is 5.91 Å². The van der Waals surface area contributed by atoms with Gasteiger partial charge in [-0.05, 0) is 26.0 Å². The Bertz CT molecular complexity index is 313. The quantitative estimate of drug-likeness (QED) is 0.700. The fraction of sp³-hybridized carbons (Fsp3) is 0.200. The molecule has 0 aromatic carbocycles. The van der Waals surface area contributed by atoms with Crippen molar-refractivity contribution in [1.82, 2.24) is 4.98 Å². The van der Waals surface area contributed by atoms with Gasteiger partial charge < -0.3 is 5.32 Å². The van der Waals surface area contributed by atoms with Crippen LogP contribution in [0.25, 0.3) is 0 Å². The molecule has 13 heavy (non-hydrogen) atoms. The zero-order chi connectivity index (χ0) is 9.68. The van der Waals surface area contributed by atoms with Crippen molar-refractivity contribution < 1.29 is 4.79 Å². The molecule has 0 unspecified atom stereocenters. The predicted molar refractivity (Wildman–Crippen MR) is 52.3 cm³/mol. The summed E-state index contributed by atoms with van der Waals surface area (Å²) in [4.78, 5) is 15.1. The van der Waals surface area contributed by atoms with Gasteiger partial charge in [-0.1, -0.05) is 5.57 Å². The number of carbonyl (C=O) groups excluding carboxylic acids is 1. The van der Waals surface area contributed by atoms with Crippen molar-refractivity contribution in [2.24, 2.45) is 0 Å². The third kappa shape index (κ3) is 3.51. The van der Waals surface area contributed by atoms with Gasteiger partial charge in [0, 0.05) is 12.3 Å². The third-order valence-corrected chi connectivity index (χ3v) is 1.35. The van der Waals surface area contributed by atoms with Crippen LogP contribution in [0.4, 0.5) is 5.69 Å². The molecule has 0 atom stereocenters. The van der Waals surface area contributed by atoms with E-state index in [1.54, 1.807) is 30.6 Å². The van der Waals surface area contributed by atoms with Crippen LogP contribution in [0.1, 0.15) is 13.8 Å². The average molecular weight is 176 g/mol. The van der Waals surface area contributed by atoms with E-state index in [-0.39, 0.29) is 5.91 Å². The van der Waals surface area contributed by atoms with Crippen molar-refractivity contribution in [2.45, 2.75) is 13.8 Å². The van der Waals surface area contributed by atoms with E-state index in [1.807, 2.05) is 13.8 Å². The van der Waals surface area contributed by atoms with E-state index < -0.39 is 0 Å². The van der Waals surface area contributed by atoms with E-state index in [0.717, 1.165) is 5.57 Å². The third-order valence-electron chi connectivity index (χ3n) is 1.35. The number of nitrogens with one attached hydrogen (secondary N) is 1. The largest absolute Gasteiger partial charge is 0.321 e. The highest BCUT2D eigenvalue weighted by molar-refractivity contribution is 5.99. The van der Waals surface area contributed by atoms with Gasteiger partial charge in [-0.2, -0.15) is 0 Å². The standard InChI is InChI=1S/C10H12N2O/c1-8(2)6-10(13)12-9-4-3-5-11-7-9/h3-7H,1-2H3,(H,12,13). The van der Waals surface area contributed by atoms with Crippen molar-refractivity contribution >= 4 is 11.6 Å². The second-order valence-corrected chi connectivity index (χ2v) is 2.95. The van der Waals surface area contributed by atoms with Crippen LogP contribution in [-0.4, -0.2) is 10.9 Å². The molecule has 1 amide bonds. The number of anilines is 1. The van der Waals surface area contributed by atoms with Crippen molar-refractivity contribution in [3.05, 3.63) is 36.2 Å². The first kappa shape index (κ1) is 9.45. The lowest BCUT2D eigenvalue weighted by molar-refractivity contribution is -0.111. The minimum absolute atomic E-state index is 0.118. The summed E-state index contributed by atoms with van der Waals surface area (Å²) < 4.78 is 0. The SMILES string of the molecule is CC(C)=CC(=O)Nc1cccnc1. The van der Waals surface area contributed by atoms with E-state index in [9.17, 15) is 4.79 Å². The monoisotopic (exact) mass is 176 g/mol. The van der Waals surface area contributed by atoms with Gasteiger partial charge in [0.05, 0.1) is 11.9 Å². The van der Waals surface area contributed by atoms with E-state index in [4.69, 9.17) is 0 Å². The minimum atomic E-state index is -0.118. The summed E-state index contributed by atoms with van der Waals surface area (Å²) in [5.74, 6) is -0.118. The number of carbonyl (C=O) groups is 1. The number of hydrogen-bond acceptors (Lipinski definition) is 2. The number of hydrogen-bond donors (Lipinski definition) is 1. The molecule has 0 spiro atoms. The van der Waals surface area contributed by atoms with E-state index in [2.05, 4.69) is 10.3 Å². The summed E-state index contributed by atoms with van der Waals surface area (Å²) in [6.45, 7) is 3.76. The van der Waals surface area contributed by atoms with Crippen molar-refractivity contribution in [2.75, 3.05) is 5.32 Å². The minimum Gasteiger partial charge on any atom is -0.321 e. The van der Waals surface area contributed by atoms with Crippen LogP contribution >= 0.6 is 0 Å². The van der Waals surface area contributed by atoms with Crippen molar-refractivity contribution in [3.8, 4) is 0 Å². The van der Waals surface area contributed by atoms with Crippen LogP contribution < -0.4 is 5.32 Å². The Morgan fingerprint density at radius 3 is 2.85 bits per heavy atom. The first-order chi connectivity index (χ1) is 6.18. The Morgan fingerprint density at radius 1 is 1.54 bits per heavy atom. The molecule has 68 valence electrons. The van der Waals surface area contributed by atoms with Gasteiger partial charge in [0.25, 0.3) is 0 Å². The average Bonchev–Trinajstić information content (AvgIpc) is 2.04. The second kappa shape index (κ2) is 4.40. The van der Waals surface area contributed by atoms with E-state index in [1.165, 1.54) is 0 Å². The topological polar surface area (TPSA) is 42.0 Å². The maximum Gasteiger partial charge on any atom is 0.248 e. The van der Waals surface area contributed by atoms with Gasteiger partial charge >= 0.3 is 0 Å². The Balaban J connectivity index is 2.61. The zero-order valence-corrected chi connectivity index (χ0v) is 7.74. The number of nitrogens with zero attached hydrogens (tertiary/aromatic N) is 1.